The predicted octanol–water partition coefficient (Wildman–Crippen LogP) is 4.61. The van der Waals surface area contributed by atoms with Crippen LogP contribution in [0, 0.1) is 0 Å². The van der Waals surface area contributed by atoms with Crippen molar-refractivity contribution in [3.63, 3.8) is 0 Å². The minimum Gasteiger partial charge on any atom is -0.497 e. The fraction of sp³-hybridized carbons (Fsp3) is 0.143. The molecule has 0 saturated carbocycles. The third kappa shape index (κ3) is 3.31. The van der Waals surface area contributed by atoms with Gasteiger partial charge in [-0.15, -0.1) is 0 Å². The highest BCUT2D eigenvalue weighted by Gasteiger charge is 2.14. The summed E-state index contributed by atoms with van der Waals surface area (Å²) in [5.41, 5.74) is 4.44. The first-order valence-electron chi connectivity index (χ1n) is 8.43. The van der Waals surface area contributed by atoms with Crippen LogP contribution in [0.1, 0.15) is 16.2 Å². The minimum absolute atomic E-state index is 0.310. The molecule has 1 aromatic carbocycles. The van der Waals surface area contributed by atoms with Gasteiger partial charge in [-0.05, 0) is 47.8 Å². The van der Waals surface area contributed by atoms with Crippen molar-refractivity contribution in [2.24, 2.45) is 0 Å². The molecule has 4 rings (SSSR count). The Labute approximate surface area is 160 Å². The van der Waals surface area contributed by atoms with Gasteiger partial charge in [0.15, 0.2) is 0 Å². The highest BCUT2D eigenvalue weighted by molar-refractivity contribution is 7.08. The summed E-state index contributed by atoms with van der Waals surface area (Å²) >= 11 is 1.66. The van der Waals surface area contributed by atoms with Gasteiger partial charge in [-0.3, -0.25) is 0 Å². The number of fused-ring (bicyclic) bond motifs is 1. The summed E-state index contributed by atoms with van der Waals surface area (Å²) < 4.78 is 12.4. The summed E-state index contributed by atoms with van der Waals surface area (Å²) in [5, 5.41) is 5.29. The van der Waals surface area contributed by atoms with E-state index in [4.69, 9.17) is 9.47 Å². The van der Waals surface area contributed by atoms with E-state index >= 15 is 0 Å². The van der Waals surface area contributed by atoms with E-state index in [9.17, 15) is 4.79 Å². The van der Waals surface area contributed by atoms with Crippen LogP contribution in [-0.2, 0) is 11.3 Å². The molecule has 6 heteroatoms. The number of methoxy groups -OCH3 is 2. The Kier molecular flexibility index (Phi) is 4.64. The molecule has 0 unspecified atom stereocenters. The van der Waals surface area contributed by atoms with Gasteiger partial charge in [-0.25, -0.2) is 9.78 Å². The average molecular weight is 378 g/mol. The normalized spacial score (nSPS) is 10.9. The molecular weight excluding hydrogens is 360 g/mol. The molecule has 0 radical (unpaired) electrons. The van der Waals surface area contributed by atoms with Gasteiger partial charge in [0.1, 0.15) is 11.4 Å². The number of pyridine rings is 1. The number of aromatic nitrogens is 2. The number of thiophene rings is 1. The van der Waals surface area contributed by atoms with Crippen molar-refractivity contribution < 1.29 is 14.3 Å². The van der Waals surface area contributed by atoms with Gasteiger partial charge >= 0.3 is 5.97 Å². The van der Waals surface area contributed by atoms with Crippen LogP contribution in [0.4, 0.5) is 0 Å². The van der Waals surface area contributed by atoms with Gasteiger partial charge in [-0.1, -0.05) is 6.07 Å². The molecule has 5 nitrogen and oxygen atoms in total. The topological polar surface area (TPSA) is 53.4 Å². The van der Waals surface area contributed by atoms with Crippen LogP contribution in [0.15, 0.2) is 59.3 Å². The molecule has 4 aromatic rings. The summed E-state index contributed by atoms with van der Waals surface area (Å²) in [7, 11) is 3.03. The first-order valence-corrected chi connectivity index (χ1v) is 9.38. The number of carbonyl (C=O) groups is 1. The molecule has 136 valence electrons. The van der Waals surface area contributed by atoms with Crippen LogP contribution in [-0.4, -0.2) is 29.7 Å². The van der Waals surface area contributed by atoms with Crippen LogP contribution in [0.3, 0.4) is 0 Å². The second-order valence-electron chi connectivity index (χ2n) is 6.06. The summed E-state index contributed by atoms with van der Waals surface area (Å²) in [6.07, 6.45) is 0. The van der Waals surface area contributed by atoms with Crippen molar-refractivity contribution in [2.75, 3.05) is 14.2 Å². The fourth-order valence-electron chi connectivity index (χ4n) is 3.14. The molecule has 0 fully saturated rings. The van der Waals surface area contributed by atoms with Crippen molar-refractivity contribution in [1.82, 2.24) is 9.55 Å². The van der Waals surface area contributed by atoms with E-state index in [2.05, 4.69) is 32.4 Å². The molecular formula is C21H18N2O3S. The molecule has 0 aliphatic carbocycles. The van der Waals surface area contributed by atoms with Gasteiger partial charge in [0.05, 0.1) is 32.2 Å². The van der Waals surface area contributed by atoms with E-state index in [1.165, 1.54) is 7.11 Å². The number of nitrogens with zero attached hydrogens (tertiary/aromatic N) is 2. The quantitative estimate of drug-likeness (QED) is 0.476. The van der Waals surface area contributed by atoms with Gasteiger partial charge in [0.25, 0.3) is 0 Å². The molecule has 0 amide bonds. The summed E-state index contributed by atoms with van der Waals surface area (Å²) in [6, 6.07) is 15.7. The molecule has 0 aliphatic rings. The van der Waals surface area contributed by atoms with E-state index in [0.717, 1.165) is 33.6 Å². The molecule has 27 heavy (non-hydrogen) atoms. The third-order valence-electron chi connectivity index (χ3n) is 4.45. The average Bonchev–Trinajstić information content (AvgIpc) is 3.35. The van der Waals surface area contributed by atoms with E-state index < -0.39 is 5.97 Å². The van der Waals surface area contributed by atoms with Crippen molar-refractivity contribution in [3.8, 4) is 17.0 Å². The van der Waals surface area contributed by atoms with Gasteiger partial charge < -0.3 is 14.0 Å². The molecule has 0 N–H and O–H groups in total. The van der Waals surface area contributed by atoms with Crippen LogP contribution < -0.4 is 4.74 Å². The maximum Gasteiger partial charge on any atom is 0.356 e. The Balaban J connectivity index is 1.82. The zero-order valence-corrected chi connectivity index (χ0v) is 15.8. The molecule has 0 saturated heterocycles. The highest BCUT2D eigenvalue weighted by Crippen LogP contribution is 2.32. The fourth-order valence-corrected chi connectivity index (χ4v) is 3.79. The highest BCUT2D eigenvalue weighted by atomic mass is 32.1. The second kappa shape index (κ2) is 7.25. The van der Waals surface area contributed by atoms with Crippen LogP contribution in [0.25, 0.3) is 22.2 Å². The minimum atomic E-state index is -0.433. The van der Waals surface area contributed by atoms with Crippen LogP contribution in [0.2, 0.25) is 0 Å². The predicted molar refractivity (Wildman–Crippen MR) is 106 cm³/mol. The second-order valence-corrected chi connectivity index (χ2v) is 6.84. The van der Waals surface area contributed by atoms with E-state index in [1.807, 2.05) is 30.3 Å². The van der Waals surface area contributed by atoms with Crippen molar-refractivity contribution >= 4 is 28.2 Å². The summed E-state index contributed by atoms with van der Waals surface area (Å²) in [6.45, 7) is 0.547. The Morgan fingerprint density at radius 2 is 2.04 bits per heavy atom. The first kappa shape index (κ1) is 17.3. The first-order chi connectivity index (χ1) is 13.2. The Bertz CT molecular complexity index is 1100. The molecule has 0 aliphatic heterocycles. The molecule has 3 aromatic heterocycles. The number of benzene rings is 1. The lowest BCUT2D eigenvalue weighted by molar-refractivity contribution is 0.0593. The van der Waals surface area contributed by atoms with Gasteiger partial charge in [0.2, 0.25) is 0 Å². The number of hydrogen-bond donors (Lipinski definition) is 0. The zero-order chi connectivity index (χ0) is 18.8. The lowest BCUT2D eigenvalue weighted by atomic mass is 10.2. The van der Waals surface area contributed by atoms with Gasteiger partial charge in [-0.2, -0.15) is 11.3 Å². The molecule has 0 spiro atoms. The number of carbonyl (C=O) groups excluding carboxylic acids is 1. The third-order valence-corrected chi connectivity index (χ3v) is 5.13. The van der Waals surface area contributed by atoms with Crippen LogP contribution >= 0.6 is 11.3 Å². The van der Waals surface area contributed by atoms with Crippen molar-refractivity contribution in [1.29, 1.82) is 0 Å². The number of ether oxygens (including phenoxy) is 2. The Morgan fingerprint density at radius 3 is 2.78 bits per heavy atom. The lowest BCUT2D eigenvalue weighted by Crippen LogP contribution is -2.08. The zero-order valence-electron chi connectivity index (χ0n) is 15.0. The van der Waals surface area contributed by atoms with E-state index in [-0.39, 0.29) is 0 Å². The molecule has 3 heterocycles. The van der Waals surface area contributed by atoms with Crippen molar-refractivity contribution in [3.05, 3.63) is 70.7 Å². The van der Waals surface area contributed by atoms with Gasteiger partial charge in [0, 0.05) is 21.8 Å². The Hall–Kier alpha value is -3.12. The van der Waals surface area contributed by atoms with E-state index in [1.54, 1.807) is 24.5 Å². The number of esters is 1. The molecule has 0 bridgehead atoms. The summed E-state index contributed by atoms with van der Waals surface area (Å²) in [5.74, 6) is 0.388. The largest absolute Gasteiger partial charge is 0.497 e. The smallest absolute Gasteiger partial charge is 0.356 e. The summed E-state index contributed by atoms with van der Waals surface area (Å²) in [4.78, 5) is 16.3. The van der Waals surface area contributed by atoms with Crippen LogP contribution in [0.5, 0.6) is 5.75 Å². The lowest BCUT2D eigenvalue weighted by Gasteiger charge is -2.11. The van der Waals surface area contributed by atoms with Crippen molar-refractivity contribution in [2.45, 2.75) is 6.54 Å². The SMILES string of the molecule is COC(=O)c1cccc(Cn2c(-c3ccsc3)cc3cc(OC)ccc32)n1. The monoisotopic (exact) mass is 378 g/mol. The van der Waals surface area contributed by atoms with E-state index in [0.29, 0.717) is 12.2 Å². The number of hydrogen-bond acceptors (Lipinski definition) is 5. The molecule has 0 atom stereocenters. The number of rotatable bonds is 5. The standard InChI is InChI=1S/C21H18N2O3S/c1-25-17-6-7-19-15(10-17)11-20(14-8-9-27-13-14)23(19)12-16-4-3-5-18(22-16)21(24)26-2/h3-11,13H,12H2,1-2H3. The Morgan fingerprint density at radius 1 is 1.15 bits per heavy atom. The maximum absolute atomic E-state index is 11.8. The maximum atomic E-state index is 11.8.